The number of hydrogen-bond acceptors (Lipinski definition) is 1. The number of benzene rings is 1. The zero-order valence-corrected chi connectivity index (χ0v) is 13.5. The standard InChI is InChI=1S/C15H20ClIO/c16-14-7-5-6-13(10-14)11-18-15(12-17)8-3-1-2-4-9-15/h5-7,10H,1-4,8-9,11-12H2. The molecule has 100 valence electrons. The molecule has 0 amide bonds. The summed E-state index contributed by atoms with van der Waals surface area (Å²) in [6.45, 7) is 0.684. The van der Waals surface area contributed by atoms with Crippen LogP contribution in [0, 0.1) is 0 Å². The maximum absolute atomic E-state index is 6.27. The van der Waals surface area contributed by atoms with E-state index in [2.05, 4.69) is 28.7 Å². The van der Waals surface area contributed by atoms with Crippen molar-refractivity contribution in [2.75, 3.05) is 4.43 Å². The van der Waals surface area contributed by atoms with E-state index in [9.17, 15) is 0 Å². The van der Waals surface area contributed by atoms with Gasteiger partial charge in [-0.2, -0.15) is 0 Å². The van der Waals surface area contributed by atoms with E-state index in [0.29, 0.717) is 6.61 Å². The van der Waals surface area contributed by atoms with Crippen molar-refractivity contribution < 1.29 is 4.74 Å². The van der Waals surface area contributed by atoms with E-state index in [1.165, 1.54) is 44.1 Å². The van der Waals surface area contributed by atoms with Crippen LogP contribution in [0.4, 0.5) is 0 Å². The van der Waals surface area contributed by atoms with Crippen molar-refractivity contribution in [1.82, 2.24) is 0 Å². The number of alkyl halides is 1. The summed E-state index contributed by atoms with van der Waals surface area (Å²) in [5, 5.41) is 0.792. The Morgan fingerprint density at radius 1 is 1.17 bits per heavy atom. The first-order chi connectivity index (χ1) is 8.74. The van der Waals surface area contributed by atoms with Gasteiger partial charge in [-0.3, -0.25) is 0 Å². The predicted octanol–water partition coefficient (Wildman–Crippen LogP) is 5.38. The number of rotatable bonds is 4. The first kappa shape index (κ1) is 14.6. The first-order valence-electron chi connectivity index (χ1n) is 6.68. The van der Waals surface area contributed by atoms with E-state index in [4.69, 9.17) is 16.3 Å². The van der Waals surface area contributed by atoms with Gasteiger partial charge in [-0.05, 0) is 30.5 Å². The molecule has 0 aliphatic heterocycles. The molecular weight excluding hydrogens is 359 g/mol. The van der Waals surface area contributed by atoms with E-state index in [0.717, 1.165) is 9.45 Å². The Morgan fingerprint density at radius 3 is 2.50 bits per heavy atom. The molecule has 18 heavy (non-hydrogen) atoms. The second kappa shape index (κ2) is 7.11. The molecule has 0 N–H and O–H groups in total. The molecule has 0 aromatic heterocycles. The fraction of sp³-hybridized carbons (Fsp3) is 0.600. The highest BCUT2D eigenvalue weighted by Crippen LogP contribution is 2.33. The molecule has 0 heterocycles. The largest absolute Gasteiger partial charge is 0.370 e. The van der Waals surface area contributed by atoms with Gasteiger partial charge in [0.15, 0.2) is 0 Å². The molecule has 1 fully saturated rings. The summed E-state index contributed by atoms with van der Waals surface area (Å²) in [4.78, 5) is 0. The Labute approximate surface area is 128 Å². The average molecular weight is 379 g/mol. The fourth-order valence-electron chi connectivity index (χ4n) is 2.55. The molecule has 1 aromatic rings. The van der Waals surface area contributed by atoms with Gasteiger partial charge in [-0.25, -0.2) is 0 Å². The minimum absolute atomic E-state index is 0.0966. The summed E-state index contributed by atoms with van der Waals surface area (Å²) < 4.78 is 7.36. The molecule has 3 heteroatoms. The Balaban J connectivity index is 1.97. The van der Waals surface area contributed by atoms with Crippen LogP contribution in [-0.2, 0) is 11.3 Å². The van der Waals surface area contributed by atoms with Crippen LogP contribution in [0.5, 0.6) is 0 Å². The van der Waals surface area contributed by atoms with E-state index in [-0.39, 0.29) is 5.60 Å². The van der Waals surface area contributed by atoms with Crippen LogP contribution in [0.2, 0.25) is 5.02 Å². The Morgan fingerprint density at radius 2 is 1.89 bits per heavy atom. The molecule has 0 unspecified atom stereocenters. The summed E-state index contributed by atoms with van der Waals surface area (Å²) in [6, 6.07) is 7.98. The van der Waals surface area contributed by atoms with Gasteiger partial charge < -0.3 is 4.74 Å². The summed E-state index contributed by atoms with van der Waals surface area (Å²) in [7, 11) is 0. The molecule has 2 rings (SSSR count). The van der Waals surface area contributed by atoms with Crippen LogP contribution in [0.3, 0.4) is 0 Å². The van der Waals surface area contributed by atoms with Crippen LogP contribution in [0.25, 0.3) is 0 Å². The lowest BCUT2D eigenvalue weighted by molar-refractivity contribution is -0.0472. The van der Waals surface area contributed by atoms with Gasteiger partial charge in [0.05, 0.1) is 12.2 Å². The van der Waals surface area contributed by atoms with Crippen molar-refractivity contribution in [2.45, 2.75) is 50.7 Å². The molecule has 1 aromatic carbocycles. The van der Waals surface area contributed by atoms with E-state index in [1.807, 2.05) is 18.2 Å². The van der Waals surface area contributed by atoms with Crippen molar-refractivity contribution in [3.05, 3.63) is 34.9 Å². The highest BCUT2D eigenvalue weighted by Gasteiger charge is 2.30. The molecule has 1 nitrogen and oxygen atoms in total. The minimum atomic E-state index is 0.0966. The van der Waals surface area contributed by atoms with Crippen LogP contribution < -0.4 is 0 Å². The van der Waals surface area contributed by atoms with Crippen molar-refractivity contribution in [3.8, 4) is 0 Å². The third-order valence-corrected chi connectivity index (χ3v) is 5.32. The minimum Gasteiger partial charge on any atom is -0.370 e. The van der Waals surface area contributed by atoms with Crippen molar-refractivity contribution in [3.63, 3.8) is 0 Å². The highest BCUT2D eigenvalue weighted by molar-refractivity contribution is 14.1. The van der Waals surface area contributed by atoms with Gasteiger partial charge in [0, 0.05) is 9.45 Å². The summed E-state index contributed by atoms with van der Waals surface area (Å²) in [5.74, 6) is 0. The number of halogens is 2. The third-order valence-electron chi connectivity index (χ3n) is 3.69. The Bertz CT molecular complexity index is 373. The van der Waals surface area contributed by atoms with Crippen LogP contribution in [0.1, 0.15) is 44.1 Å². The Hall–Kier alpha value is 0.200. The van der Waals surface area contributed by atoms with Crippen LogP contribution in [-0.4, -0.2) is 10.0 Å². The normalized spacial score (nSPS) is 19.4. The molecule has 0 radical (unpaired) electrons. The second-order valence-corrected chi connectivity index (χ2v) is 6.35. The molecule has 1 aliphatic rings. The number of ether oxygens (including phenoxy) is 1. The average Bonchev–Trinajstić information content (AvgIpc) is 2.63. The maximum atomic E-state index is 6.27. The molecule has 1 aliphatic carbocycles. The van der Waals surface area contributed by atoms with Gasteiger partial charge in [0.1, 0.15) is 0 Å². The van der Waals surface area contributed by atoms with E-state index >= 15 is 0 Å². The lowest BCUT2D eigenvalue weighted by Crippen LogP contribution is -2.33. The third kappa shape index (κ3) is 4.10. The van der Waals surface area contributed by atoms with Gasteiger partial charge in [-0.1, -0.05) is 72.0 Å². The molecular formula is C15H20ClIO. The van der Waals surface area contributed by atoms with Crippen LogP contribution >= 0.6 is 34.2 Å². The topological polar surface area (TPSA) is 9.23 Å². The molecule has 1 saturated carbocycles. The van der Waals surface area contributed by atoms with Crippen molar-refractivity contribution >= 4 is 34.2 Å². The van der Waals surface area contributed by atoms with Crippen molar-refractivity contribution in [2.24, 2.45) is 0 Å². The molecule has 0 saturated heterocycles. The maximum Gasteiger partial charge on any atom is 0.0776 e. The van der Waals surface area contributed by atoms with Crippen molar-refractivity contribution in [1.29, 1.82) is 0 Å². The first-order valence-corrected chi connectivity index (χ1v) is 8.59. The lowest BCUT2D eigenvalue weighted by atomic mass is 9.96. The van der Waals surface area contributed by atoms with Crippen LogP contribution in [0.15, 0.2) is 24.3 Å². The number of hydrogen-bond donors (Lipinski definition) is 0. The zero-order valence-electron chi connectivity index (χ0n) is 10.6. The second-order valence-electron chi connectivity index (χ2n) is 5.15. The monoisotopic (exact) mass is 378 g/mol. The molecule has 0 spiro atoms. The summed E-state index contributed by atoms with van der Waals surface area (Å²) in [6.07, 6.45) is 7.74. The molecule has 0 atom stereocenters. The van der Waals surface area contributed by atoms with E-state index in [1.54, 1.807) is 0 Å². The summed E-state index contributed by atoms with van der Waals surface area (Å²) >= 11 is 8.48. The smallest absolute Gasteiger partial charge is 0.0776 e. The fourth-order valence-corrected chi connectivity index (χ4v) is 3.75. The predicted molar refractivity (Wildman–Crippen MR) is 85.6 cm³/mol. The van der Waals surface area contributed by atoms with Gasteiger partial charge in [0.2, 0.25) is 0 Å². The highest BCUT2D eigenvalue weighted by atomic mass is 127. The lowest BCUT2D eigenvalue weighted by Gasteiger charge is -2.31. The zero-order chi connectivity index (χ0) is 12.8. The van der Waals surface area contributed by atoms with Gasteiger partial charge >= 0.3 is 0 Å². The van der Waals surface area contributed by atoms with Gasteiger partial charge in [0.25, 0.3) is 0 Å². The Kier molecular flexibility index (Phi) is 5.77. The van der Waals surface area contributed by atoms with Gasteiger partial charge in [-0.15, -0.1) is 0 Å². The SMILES string of the molecule is Clc1cccc(COC2(CI)CCCCCC2)c1. The van der Waals surface area contributed by atoms with E-state index < -0.39 is 0 Å². The quantitative estimate of drug-likeness (QED) is 0.388. The summed E-state index contributed by atoms with van der Waals surface area (Å²) in [5.41, 5.74) is 1.27. The molecule has 0 bridgehead atoms.